The molecule has 0 aliphatic carbocycles. The van der Waals surface area contributed by atoms with Crippen molar-refractivity contribution in [2.24, 2.45) is 0 Å². The maximum absolute atomic E-state index is 12.9. The van der Waals surface area contributed by atoms with Crippen LogP contribution in [0.5, 0.6) is 0 Å². The van der Waals surface area contributed by atoms with Gasteiger partial charge in [0.1, 0.15) is 13.2 Å². The minimum absolute atomic E-state index is 0.0841. The summed E-state index contributed by atoms with van der Waals surface area (Å²) in [7, 11) is 0. The fraction of sp³-hybridized carbons (Fsp3) is 0.685. The number of carbonyl (C=O) groups is 3. The number of unbranched alkanes of at least 4 members (excludes halogenated alkanes) is 28. The molecule has 6 nitrogen and oxygen atoms in total. The molecule has 450 valence electrons. The summed E-state index contributed by atoms with van der Waals surface area (Å²) in [6.45, 7) is 6.50. The zero-order valence-electron chi connectivity index (χ0n) is 51.6. The molecule has 0 aliphatic heterocycles. The molecular weight excluding hydrogens is 973 g/mol. The first-order chi connectivity index (χ1) is 39.0. The predicted octanol–water partition coefficient (Wildman–Crippen LogP) is 22.8. The first-order valence-electron chi connectivity index (χ1n) is 33.0. The molecule has 0 saturated heterocycles. The van der Waals surface area contributed by atoms with Gasteiger partial charge in [0.15, 0.2) is 6.10 Å². The predicted molar refractivity (Wildman–Crippen MR) is 343 cm³/mol. The van der Waals surface area contributed by atoms with Crippen LogP contribution in [0.4, 0.5) is 0 Å². The molecule has 0 rings (SSSR count). The largest absolute Gasteiger partial charge is 0.462 e. The van der Waals surface area contributed by atoms with Gasteiger partial charge in [-0.3, -0.25) is 14.4 Å². The van der Waals surface area contributed by atoms with E-state index >= 15 is 0 Å². The highest BCUT2D eigenvalue weighted by atomic mass is 16.6. The molecule has 0 aromatic heterocycles. The number of rotatable bonds is 59. The Balaban J connectivity index is 4.26. The van der Waals surface area contributed by atoms with Crippen molar-refractivity contribution in [3.63, 3.8) is 0 Å². The smallest absolute Gasteiger partial charge is 0.306 e. The standard InChI is InChI=1S/C73H122O6/c1-4-7-10-13-16-19-21-23-25-27-29-31-32-33-34-35-36-37-38-39-40-42-43-45-47-49-51-54-57-60-63-66-72(75)78-69-70(68-77-71(74)65-62-59-56-53-18-15-12-9-6-3)79-73(76)67-64-61-58-55-52-50-48-46-44-41-30-28-26-24-22-20-17-14-11-8-5-2/h7,10,16,19,22-25,28-31,33-34,36-37,39-40,43,45,70H,4-6,8-9,11-15,17-18,20-21,26-27,32,35,38,41-42,44,46-69H2,1-3H3/b10-7-,19-16-,24-22-,25-23-,30-28-,31-29-,34-33-,37-36-,40-39-,45-43-. The molecule has 0 aliphatic rings. The average Bonchev–Trinajstić information content (AvgIpc) is 3.45. The van der Waals surface area contributed by atoms with Crippen LogP contribution in [0.15, 0.2) is 122 Å². The van der Waals surface area contributed by atoms with Gasteiger partial charge in [-0.25, -0.2) is 0 Å². The van der Waals surface area contributed by atoms with Crippen molar-refractivity contribution in [2.45, 2.75) is 309 Å². The highest BCUT2D eigenvalue weighted by Crippen LogP contribution is 2.15. The molecule has 0 spiro atoms. The van der Waals surface area contributed by atoms with Crippen LogP contribution in [-0.2, 0) is 28.6 Å². The number of hydrogen-bond donors (Lipinski definition) is 0. The van der Waals surface area contributed by atoms with Gasteiger partial charge in [0.25, 0.3) is 0 Å². The van der Waals surface area contributed by atoms with Gasteiger partial charge < -0.3 is 14.2 Å². The van der Waals surface area contributed by atoms with E-state index in [0.717, 1.165) is 128 Å². The number of hydrogen-bond acceptors (Lipinski definition) is 6. The van der Waals surface area contributed by atoms with Gasteiger partial charge >= 0.3 is 17.9 Å². The van der Waals surface area contributed by atoms with Gasteiger partial charge in [0.2, 0.25) is 0 Å². The Bertz CT molecular complexity index is 1640. The Morgan fingerprint density at radius 3 is 0.772 bits per heavy atom. The zero-order chi connectivity index (χ0) is 57.1. The van der Waals surface area contributed by atoms with Gasteiger partial charge in [-0.15, -0.1) is 0 Å². The Labute approximate surface area is 488 Å². The zero-order valence-corrected chi connectivity index (χ0v) is 51.6. The normalized spacial score (nSPS) is 12.9. The van der Waals surface area contributed by atoms with E-state index in [9.17, 15) is 14.4 Å². The van der Waals surface area contributed by atoms with Crippen molar-refractivity contribution in [3.8, 4) is 0 Å². The molecule has 0 N–H and O–H groups in total. The second-order valence-corrected chi connectivity index (χ2v) is 21.6. The summed E-state index contributed by atoms with van der Waals surface area (Å²) in [5.74, 6) is -0.901. The van der Waals surface area contributed by atoms with Crippen molar-refractivity contribution in [1.82, 2.24) is 0 Å². The van der Waals surface area contributed by atoms with E-state index < -0.39 is 6.10 Å². The van der Waals surface area contributed by atoms with Gasteiger partial charge in [-0.2, -0.15) is 0 Å². The summed E-state index contributed by atoms with van der Waals surface area (Å²) in [4.78, 5) is 38.2. The summed E-state index contributed by atoms with van der Waals surface area (Å²) in [5.41, 5.74) is 0. The summed E-state index contributed by atoms with van der Waals surface area (Å²) in [5, 5.41) is 0. The number of allylic oxidation sites excluding steroid dienone is 20. The average molecular weight is 1100 g/mol. The van der Waals surface area contributed by atoms with Crippen LogP contribution in [0.3, 0.4) is 0 Å². The second-order valence-electron chi connectivity index (χ2n) is 21.6. The SMILES string of the molecule is CC/C=C\C/C=C\C/C=C\C/C=C\C/C=C\C/C=C\C/C=C\C/C=C\CCCCCCCCC(=O)OCC(COC(=O)CCCCCCCCCCC)OC(=O)CCCCCCCCCCC/C=C\C/C=C\CCCCCCC. The first-order valence-corrected chi connectivity index (χ1v) is 33.0. The van der Waals surface area contributed by atoms with Crippen molar-refractivity contribution >= 4 is 17.9 Å². The van der Waals surface area contributed by atoms with E-state index in [-0.39, 0.29) is 31.1 Å². The van der Waals surface area contributed by atoms with Crippen LogP contribution in [0.2, 0.25) is 0 Å². The molecular formula is C73H122O6. The van der Waals surface area contributed by atoms with Crippen LogP contribution >= 0.6 is 0 Å². The lowest BCUT2D eigenvalue weighted by atomic mass is 10.1. The van der Waals surface area contributed by atoms with Crippen molar-refractivity contribution in [2.75, 3.05) is 13.2 Å². The minimum Gasteiger partial charge on any atom is -0.462 e. The monoisotopic (exact) mass is 1090 g/mol. The van der Waals surface area contributed by atoms with Crippen molar-refractivity contribution in [1.29, 1.82) is 0 Å². The number of carbonyl (C=O) groups excluding carboxylic acids is 3. The molecule has 6 heteroatoms. The summed E-state index contributed by atoms with van der Waals surface area (Å²) in [6.07, 6.45) is 92.1. The molecule has 1 unspecified atom stereocenters. The van der Waals surface area contributed by atoms with Crippen molar-refractivity contribution < 1.29 is 28.6 Å². The lowest BCUT2D eigenvalue weighted by molar-refractivity contribution is -0.167. The summed E-state index contributed by atoms with van der Waals surface area (Å²) in [6, 6.07) is 0. The lowest BCUT2D eigenvalue weighted by Crippen LogP contribution is -2.30. The van der Waals surface area contributed by atoms with Crippen LogP contribution in [-0.4, -0.2) is 37.2 Å². The quantitative estimate of drug-likeness (QED) is 0.0261. The Morgan fingerprint density at radius 2 is 0.494 bits per heavy atom. The molecule has 1 atom stereocenters. The molecule has 0 saturated carbocycles. The first kappa shape index (κ1) is 74.8. The van der Waals surface area contributed by atoms with Crippen LogP contribution < -0.4 is 0 Å². The molecule has 0 radical (unpaired) electrons. The van der Waals surface area contributed by atoms with E-state index in [4.69, 9.17) is 14.2 Å². The summed E-state index contributed by atoms with van der Waals surface area (Å²) >= 11 is 0. The molecule has 0 aromatic rings. The molecule has 0 bridgehead atoms. The lowest BCUT2D eigenvalue weighted by Gasteiger charge is -2.18. The minimum atomic E-state index is -0.788. The highest BCUT2D eigenvalue weighted by molar-refractivity contribution is 5.71. The maximum Gasteiger partial charge on any atom is 0.306 e. The van der Waals surface area contributed by atoms with Gasteiger partial charge in [0, 0.05) is 19.3 Å². The van der Waals surface area contributed by atoms with E-state index in [2.05, 4.69) is 142 Å². The van der Waals surface area contributed by atoms with Gasteiger partial charge in [-0.1, -0.05) is 290 Å². The molecule has 0 amide bonds. The molecule has 0 heterocycles. The molecule has 0 aromatic carbocycles. The van der Waals surface area contributed by atoms with Crippen molar-refractivity contribution in [3.05, 3.63) is 122 Å². The van der Waals surface area contributed by atoms with E-state index in [1.807, 2.05) is 0 Å². The topological polar surface area (TPSA) is 78.9 Å². The van der Waals surface area contributed by atoms with E-state index in [1.54, 1.807) is 0 Å². The van der Waals surface area contributed by atoms with E-state index in [0.29, 0.717) is 19.3 Å². The third-order valence-electron chi connectivity index (χ3n) is 14.0. The number of ether oxygens (including phenoxy) is 3. The fourth-order valence-corrected chi connectivity index (χ4v) is 9.02. The van der Waals surface area contributed by atoms with Crippen LogP contribution in [0.1, 0.15) is 303 Å². The third-order valence-corrected chi connectivity index (χ3v) is 14.0. The number of esters is 3. The van der Waals surface area contributed by atoms with E-state index in [1.165, 1.54) is 135 Å². The maximum atomic E-state index is 12.9. The van der Waals surface area contributed by atoms with Crippen LogP contribution in [0, 0.1) is 0 Å². The highest BCUT2D eigenvalue weighted by Gasteiger charge is 2.19. The Morgan fingerprint density at radius 1 is 0.266 bits per heavy atom. The second kappa shape index (κ2) is 66.3. The van der Waals surface area contributed by atoms with Gasteiger partial charge in [0.05, 0.1) is 0 Å². The Kier molecular flexibility index (Phi) is 62.8. The fourth-order valence-electron chi connectivity index (χ4n) is 9.02. The molecule has 79 heavy (non-hydrogen) atoms. The van der Waals surface area contributed by atoms with Gasteiger partial charge in [-0.05, 0) is 116 Å². The Hall–Kier alpha value is -4.19. The molecule has 0 fully saturated rings. The third kappa shape index (κ3) is 64.5. The van der Waals surface area contributed by atoms with Crippen LogP contribution in [0.25, 0.3) is 0 Å². The summed E-state index contributed by atoms with van der Waals surface area (Å²) < 4.78 is 16.9.